The Morgan fingerprint density at radius 1 is 0.897 bits per heavy atom. The molecule has 0 unspecified atom stereocenters. The fourth-order valence-electron chi connectivity index (χ4n) is 3.10. The predicted octanol–water partition coefficient (Wildman–Crippen LogP) is 4.61. The molecule has 2 aromatic carbocycles. The fraction of sp³-hybridized carbons (Fsp3) is 0.208. The van der Waals surface area contributed by atoms with Crippen LogP contribution >= 0.6 is 0 Å². The molecule has 5 nitrogen and oxygen atoms in total. The Morgan fingerprint density at radius 3 is 2.31 bits per heavy atom. The number of ether oxygens (including phenoxy) is 2. The molecule has 0 atom stereocenters. The number of hydrogen-bond acceptors (Lipinski definition) is 5. The van der Waals surface area contributed by atoms with Gasteiger partial charge in [-0.15, -0.1) is 0 Å². The van der Waals surface area contributed by atoms with Gasteiger partial charge in [0.15, 0.2) is 11.5 Å². The number of aromatic hydroxyl groups is 1. The van der Waals surface area contributed by atoms with Crippen LogP contribution in [-0.4, -0.2) is 36.3 Å². The molecule has 0 bridgehead atoms. The lowest BCUT2D eigenvalue weighted by molar-refractivity contribution is 0.309. The van der Waals surface area contributed by atoms with E-state index in [9.17, 15) is 5.11 Å². The smallest absolute Gasteiger partial charge is 0.161 e. The molecule has 1 N–H and O–H groups in total. The minimum Gasteiger partial charge on any atom is -0.508 e. The normalized spacial score (nSPS) is 11.2. The summed E-state index contributed by atoms with van der Waals surface area (Å²) in [6.07, 6.45) is 5.82. The second kappa shape index (κ2) is 9.75. The highest BCUT2D eigenvalue weighted by Gasteiger charge is 2.08. The van der Waals surface area contributed by atoms with Crippen molar-refractivity contribution in [2.24, 2.45) is 0 Å². The molecule has 0 radical (unpaired) electrons. The molecule has 1 aromatic heterocycles. The van der Waals surface area contributed by atoms with Crippen LogP contribution in [0.25, 0.3) is 12.2 Å². The Bertz CT molecular complexity index is 971. The van der Waals surface area contributed by atoms with Gasteiger partial charge < -0.3 is 14.6 Å². The van der Waals surface area contributed by atoms with Crippen LogP contribution in [0.4, 0.5) is 0 Å². The van der Waals surface area contributed by atoms with Gasteiger partial charge in [-0.25, -0.2) is 0 Å². The summed E-state index contributed by atoms with van der Waals surface area (Å²) in [5.41, 5.74) is 3.89. The number of aromatic nitrogens is 1. The van der Waals surface area contributed by atoms with E-state index in [1.807, 2.05) is 67.7 Å². The monoisotopic (exact) mass is 390 g/mol. The molecule has 0 aliphatic heterocycles. The molecule has 0 amide bonds. The highest BCUT2D eigenvalue weighted by Crippen LogP contribution is 2.28. The minimum absolute atomic E-state index is 0.293. The molecular weight excluding hydrogens is 364 g/mol. The van der Waals surface area contributed by atoms with Crippen molar-refractivity contribution in [3.63, 3.8) is 0 Å². The maximum Gasteiger partial charge on any atom is 0.161 e. The minimum atomic E-state index is 0.293. The quantitative estimate of drug-likeness (QED) is 0.570. The van der Waals surface area contributed by atoms with Gasteiger partial charge in [-0.05, 0) is 54.6 Å². The average Bonchev–Trinajstić information content (AvgIpc) is 2.74. The van der Waals surface area contributed by atoms with Gasteiger partial charge >= 0.3 is 0 Å². The molecule has 0 fully saturated rings. The zero-order chi connectivity index (χ0) is 20.6. The first kappa shape index (κ1) is 20.4. The van der Waals surface area contributed by atoms with Gasteiger partial charge in [0.2, 0.25) is 0 Å². The molecule has 3 aromatic rings. The molecule has 1 heterocycles. The van der Waals surface area contributed by atoms with Gasteiger partial charge in [0.25, 0.3) is 0 Å². The van der Waals surface area contributed by atoms with Crippen molar-refractivity contribution in [1.29, 1.82) is 0 Å². The van der Waals surface area contributed by atoms with Gasteiger partial charge in [-0.3, -0.25) is 9.88 Å². The van der Waals surface area contributed by atoms with E-state index in [1.54, 1.807) is 26.5 Å². The Labute approximate surface area is 171 Å². The Morgan fingerprint density at radius 2 is 1.62 bits per heavy atom. The lowest BCUT2D eigenvalue weighted by Crippen LogP contribution is -2.18. The molecule has 5 heteroatoms. The van der Waals surface area contributed by atoms with E-state index >= 15 is 0 Å². The summed E-state index contributed by atoms with van der Waals surface area (Å²) >= 11 is 0. The molecule has 29 heavy (non-hydrogen) atoms. The second-order valence-electron chi connectivity index (χ2n) is 6.83. The number of hydrogen-bond donors (Lipinski definition) is 1. The number of phenolic OH excluding ortho intramolecular Hbond substituents is 1. The maximum atomic E-state index is 10.3. The summed E-state index contributed by atoms with van der Waals surface area (Å²) in [4.78, 5) is 6.48. The van der Waals surface area contributed by atoms with E-state index in [-0.39, 0.29) is 0 Å². The third-order valence-electron chi connectivity index (χ3n) is 4.58. The van der Waals surface area contributed by atoms with Crippen molar-refractivity contribution in [3.05, 3.63) is 83.2 Å². The summed E-state index contributed by atoms with van der Waals surface area (Å²) in [7, 11) is 5.26. The van der Waals surface area contributed by atoms with E-state index in [4.69, 9.17) is 9.47 Å². The van der Waals surface area contributed by atoms with E-state index in [0.717, 1.165) is 22.4 Å². The van der Waals surface area contributed by atoms with Crippen molar-refractivity contribution in [2.45, 2.75) is 13.1 Å². The van der Waals surface area contributed by atoms with Gasteiger partial charge in [0, 0.05) is 24.8 Å². The highest BCUT2D eigenvalue weighted by atomic mass is 16.5. The van der Waals surface area contributed by atoms with Crippen molar-refractivity contribution < 1.29 is 14.6 Å². The van der Waals surface area contributed by atoms with Crippen molar-refractivity contribution in [2.75, 3.05) is 21.3 Å². The zero-order valence-corrected chi connectivity index (χ0v) is 17.0. The zero-order valence-electron chi connectivity index (χ0n) is 17.0. The third kappa shape index (κ3) is 5.59. The molecule has 0 aliphatic carbocycles. The van der Waals surface area contributed by atoms with Gasteiger partial charge in [0.05, 0.1) is 19.9 Å². The fourth-order valence-corrected chi connectivity index (χ4v) is 3.10. The first-order valence-electron chi connectivity index (χ1n) is 9.39. The SMILES string of the molecule is COc1ccc(C=Cc2ccc(O)c(CN(C)Cc3ccccn3)c2)cc1OC. The van der Waals surface area contributed by atoms with Gasteiger partial charge in [-0.1, -0.05) is 30.4 Å². The summed E-state index contributed by atoms with van der Waals surface area (Å²) in [6.45, 7) is 1.34. The standard InChI is InChI=1S/C24H26N2O3/c1-26(17-21-6-4-5-13-25-21)16-20-14-18(9-11-22(20)27)7-8-19-10-12-23(28-2)24(15-19)29-3/h4-15,27H,16-17H2,1-3H3. The molecular formula is C24H26N2O3. The van der Waals surface area contributed by atoms with Crippen LogP contribution in [0.5, 0.6) is 17.2 Å². The lowest BCUT2D eigenvalue weighted by Gasteiger charge is -2.17. The Kier molecular flexibility index (Phi) is 6.87. The first-order valence-corrected chi connectivity index (χ1v) is 9.39. The van der Waals surface area contributed by atoms with E-state index < -0.39 is 0 Å². The summed E-state index contributed by atoms with van der Waals surface area (Å²) in [5, 5.41) is 10.3. The van der Waals surface area contributed by atoms with Crippen LogP contribution in [0.15, 0.2) is 60.8 Å². The number of pyridine rings is 1. The molecule has 0 spiro atoms. The number of methoxy groups -OCH3 is 2. The van der Waals surface area contributed by atoms with E-state index in [1.165, 1.54) is 0 Å². The predicted molar refractivity (Wildman–Crippen MR) is 116 cm³/mol. The van der Waals surface area contributed by atoms with Crippen molar-refractivity contribution >= 4 is 12.2 Å². The van der Waals surface area contributed by atoms with Crippen LogP contribution < -0.4 is 9.47 Å². The first-order chi connectivity index (χ1) is 14.1. The largest absolute Gasteiger partial charge is 0.508 e. The van der Waals surface area contributed by atoms with Crippen molar-refractivity contribution in [3.8, 4) is 17.2 Å². The van der Waals surface area contributed by atoms with Crippen LogP contribution in [-0.2, 0) is 13.1 Å². The molecule has 0 saturated heterocycles. The third-order valence-corrected chi connectivity index (χ3v) is 4.58. The topological polar surface area (TPSA) is 54.8 Å². The van der Waals surface area contributed by atoms with Gasteiger partial charge in [-0.2, -0.15) is 0 Å². The maximum absolute atomic E-state index is 10.3. The van der Waals surface area contributed by atoms with E-state index in [0.29, 0.717) is 30.3 Å². The number of nitrogens with zero attached hydrogens (tertiary/aromatic N) is 2. The Hall–Kier alpha value is -3.31. The Balaban J connectivity index is 1.72. The van der Waals surface area contributed by atoms with Crippen LogP contribution in [0.2, 0.25) is 0 Å². The summed E-state index contributed by atoms with van der Waals surface area (Å²) < 4.78 is 10.6. The number of phenols is 1. The average molecular weight is 390 g/mol. The molecule has 0 saturated carbocycles. The van der Waals surface area contributed by atoms with E-state index in [2.05, 4.69) is 9.88 Å². The molecule has 3 rings (SSSR count). The van der Waals surface area contributed by atoms with Crippen LogP contribution in [0.3, 0.4) is 0 Å². The second-order valence-corrected chi connectivity index (χ2v) is 6.83. The number of rotatable bonds is 8. The molecule has 150 valence electrons. The lowest BCUT2D eigenvalue weighted by atomic mass is 10.1. The van der Waals surface area contributed by atoms with Crippen LogP contribution in [0, 0.1) is 0 Å². The number of benzene rings is 2. The summed E-state index contributed by atoms with van der Waals surface area (Å²) in [5.74, 6) is 1.69. The van der Waals surface area contributed by atoms with Crippen molar-refractivity contribution in [1.82, 2.24) is 9.88 Å². The van der Waals surface area contributed by atoms with Crippen LogP contribution in [0.1, 0.15) is 22.4 Å². The van der Waals surface area contributed by atoms with Gasteiger partial charge in [0.1, 0.15) is 5.75 Å². The molecule has 0 aliphatic rings. The highest BCUT2D eigenvalue weighted by molar-refractivity contribution is 5.71. The summed E-state index contributed by atoms with van der Waals surface area (Å²) in [6, 6.07) is 17.3.